The molecule has 0 aliphatic carbocycles. The molecule has 1 heterocycles. The molecule has 0 saturated heterocycles. The first kappa shape index (κ1) is 17.8. The number of amides is 1. The highest BCUT2D eigenvalue weighted by Gasteiger charge is 2.26. The minimum atomic E-state index is -0.514. The van der Waals surface area contributed by atoms with Gasteiger partial charge < -0.3 is 5.32 Å². The van der Waals surface area contributed by atoms with Gasteiger partial charge in [0.05, 0.1) is 0 Å². The Bertz CT molecular complexity index is 856. The monoisotopic (exact) mass is 349 g/mol. The van der Waals surface area contributed by atoms with Crippen molar-refractivity contribution in [2.45, 2.75) is 39.0 Å². The summed E-state index contributed by atoms with van der Waals surface area (Å²) in [6.07, 6.45) is 0.516. The SMILES string of the molecule is Cc1ccccc1CC(C(=O)Nc1ccc(C(C)C)cc1)c1nn[nH]n1. The maximum atomic E-state index is 12.9. The van der Waals surface area contributed by atoms with Crippen LogP contribution in [0.5, 0.6) is 0 Å². The van der Waals surface area contributed by atoms with Crippen molar-refractivity contribution in [2.24, 2.45) is 0 Å². The number of benzene rings is 2. The van der Waals surface area contributed by atoms with Gasteiger partial charge in [-0.25, -0.2) is 0 Å². The Morgan fingerprint density at radius 3 is 2.46 bits per heavy atom. The zero-order valence-electron chi connectivity index (χ0n) is 15.2. The van der Waals surface area contributed by atoms with Gasteiger partial charge in [-0.1, -0.05) is 55.5 Å². The van der Waals surface area contributed by atoms with E-state index < -0.39 is 5.92 Å². The number of hydrogen-bond donors (Lipinski definition) is 2. The van der Waals surface area contributed by atoms with Crippen molar-refractivity contribution < 1.29 is 4.79 Å². The minimum absolute atomic E-state index is 0.146. The van der Waals surface area contributed by atoms with Gasteiger partial charge in [0.2, 0.25) is 5.91 Å². The van der Waals surface area contributed by atoms with Crippen molar-refractivity contribution in [1.82, 2.24) is 20.6 Å². The average Bonchev–Trinajstić information content (AvgIpc) is 3.15. The van der Waals surface area contributed by atoms with E-state index in [0.29, 0.717) is 18.2 Å². The first-order valence-corrected chi connectivity index (χ1v) is 8.73. The fraction of sp³-hybridized carbons (Fsp3) is 0.300. The van der Waals surface area contributed by atoms with Crippen LogP contribution in [0.4, 0.5) is 5.69 Å². The largest absolute Gasteiger partial charge is 0.325 e. The second-order valence-corrected chi connectivity index (χ2v) is 6.72. The van der Waals surface area contributed by atoms with Crippen LogP contribution < -0.4 is 5.32 Å². The number of nitrogens with zero attached hydrogens (tertiary/aromatic N) is 3. The molecule has 6 heteroatoms. The van der Waals surface area contributed by atoms with Gasteiger partial charge in [0.25, 0.3) is 0 Å². The van der Waals surface area contributed by atoms with Crippen LogP contribution in [-0.2, 0) is 11.2 Å². The predicted octanol–water partition coefficient (Wildman–Crippen LogP) is 3.60. The molecule has 3 aromatic rings. The van der Waals surface area contributed by atoms with Crippen LogP contribution in [0.3, 0.4) is 0 Å². The maximum Gasteiger partial charge on any atom is 0.235 e. The summed E-state index contributed by atoms with van der Waals surface area (Å²) in [4.78, 5) is 12.9. The van der Waals surface area contributed by atoms with Gasteiger partial charge in [-0.05, 0) is 48.1 Å². The van der Waals surface area contributed by atoms with Crippen LogP contribution in [0.1, 0.15) is 48.2 Å². The van der Waals surface area contributed by atoms with Gasteiger partial charge in [0, 0.05) is 5.69 Å². The molecule has 134 valence electrons. The molecule has 0 spiro atoms. The smallest absolute Gasteiger partial charge is 0.235 e. The minimum Gasteiger partial charge on any atom is -0.325 e. The van der Waals surface area contributed by atoms with E-state index in [0.717, 1.165) is 16.8 Å². The summed E-state index contributed by atoms with van der Waals surface area (Å²) in [7, 11) is 0. The lowest BCUT2D eigenvalue weighted by Crippen LogP contribution is -2.24. The number of carbonyl (C=O) groups is 1. The van der Waals surface area contributed by atoms with Gasteiger partial charge >= 0.3 is 0 Å². The Hall–Kier alpha value is -3.02. The molecule has 3 rings (SSSR count). The normalized spacial score (nSPS) is 12.2. The molecule has 1 aromatic heterocycles. The summed E-state index contributed by atoms with van der Waals surface area (Å²) in [6, 6.07) is 15.9. The molecule has 0 radical (unpaired) electrons. The van der Waals surface area contributed by atoms with Gasteiger partial charge in [0.1, 0.15) is 5.92 Å². The highest BCUT2D eigenvalue weighted by atomic mass is 16.1. The number of anilines is 1. The number of hydrogen-bond acceptors (Lipinski definition) is 4. The zero-order chi connectivity index (χ0) is 18.5. The molecule has 2 aromatic carbocycles. The Labute approximate surface area is 153 Å². The first-order chi connectivity index (χ1) is 12.5. The topological polar surface area (TPSA) is 83.6 Å². The maximum absolute atomic E-state index is 12.9. The predicted molar refractivity (Wildman–Crippen MR) is 101 cm³/mol. The quantitative estimate of drug-likeness (QED) is 0.712. The van der Waals surface area contributed by atoms with Crippen molar-refractivity contribution in [3.8, 4) is 0 Å². The third kappa shape index (κ3) is 4.14. The lowest BCUT2D eigenvalue weighted by atomic mass is 9.94. The second-order valence-electron chi connectivity index (χ2n) is 6.72. The highest BCUT2D eigenvalue weighted by Crippen LogP contribution is 2.23. The van der Waals surface area contributed by atoms with Crippen LogP contribution in [0.2, 0.25) is 0 Å². The summed E-state index contributed by atoms with van der Waals surface area (Å²) in [5.41, 5.74) is 4.22. The van der Waals surface area contributed by atoms with Crippen LogP contribution in [-0.4, -0.2) is 26.5 Å². The fourth-order valence-electron chi connectivity index (χ4n) is 2.86. The Morgan fingerprint density at radius 1 is 1.12 bits per heavy atom. The standard InChI is InChI=1S/C20H23N5O/c1-13(2)15-8-10-17(11-9-15)21-20(26)18(19-22-24-25-23-19)12-16-7-5-4-6-14(16)3/h4-11,13,18H,12H2,1-3H3,(H,21,26)(H,22,23,24,25). The molecule has 26 heavy (non-hydrogen) atoms. The summed E-state index contributed by atoms with van der Waals surface area (Å²) in [5.74, 6) is 0.184. The summed E-state index contributed by atoms with van der Waals surface area (Å²) < 4.78 is 0. The van der Waals surface area contributed by atoms with Crippen molar-refractivity contribution in [1.29, 1.82) is 0 Å². The molecule has 1 atom stereocenters. The molecule has 0 aliphatic heterocycles. The van der Waals surface area contributed by atoms with E-state index in [4.69, 9.17) is 0 Å². The molecule has 6 nitrogen and oxygen atoms in total. The molecule has 0 saturated carbocycles. The van der Waals surface area contributed by atoms with E-state index in [2.05, 4.69) is 39.8 Å². The van der Waals surface area contributed by atoms with Crippen molar-refractivity contribution in [2.75, 3.05) is 5.32 Å². The second kappa shape index (κ2) is 7.91. The van der Waals surface area contributed by atoms with E-state index in [1.807, 2.05) is 55.5 Å². The molecule has 1 unspecified atom stereocenters. The molecular weight excluding hydrogens is 326 g/mol. The highest BCUT2D eigenvalue weighted by molar-refractivity contribution is 5.95. The van der Waals surface area contributed by atoms with Gasteiger partial charge in [-0.15, -0.1) is 10.2 Å². The van der Waals surface area contributed by atoms with Gasteiger partial charge in [-0.3, -0.25) is 4.79 Å². The summed E-state index contributed by atoms with van der Waals surface area (Å²) >= 11 is 0. The zero-order valence-corrected chi connectivity index (χ0v) is 15.2. The molecular formula is C20H23N5O. The molecule has 0 bridgehead atoms. The van der Waals surface area contributed by atoms with E-state index in [-0.39, 0.29) is 5.91 Å². The van der Waals surface area contributed by atoms with E-state index in [1.165, 1.54) is 5.56 Å². The fourth-order valence-corrected chi connectivity index (χ4v) is 2.86. The number of aryl methyl sites for hydroxylation is 1. The number of nitrogens with one attached hydrogen (secondary N) is 2. The Kier molecular flexibility index (Phi) is 5.41. The first-order valence-electron chi connectivity index (χ1n) is 8.73. The van der Waals surface area contributed by atoms with E-state index >= 15 is 0 Å². The molecule has 0 fully saturated rings. The van der Waals surface area contributed by atoms with Crippen LogP contribution >= 0.6 is 0 Å². The lowest BCUT2D eigenvalue weighted by Gasteiger charge is -2.15. The molecule has 0 aliphatic rings. The van der Waals surface area contributed by atoms with Gasteiger partial charge in [-0.2, -0.15) is 5.21 Å². The number of aromatic amines is 1. The number of tetrazole rings is 1. The number of rotatable bonds is 6. The van der Waals surface area contributed by atoms with Crippen LogP contribution in [0, 0.1) is 6.92 Å². The van der Waals surface area contributed by atoms with E-state index in [1.54, 1.807) is 0 Å². The van der Waals surface area contributed by atoms with Crippen molar-refractivity contribution in [3.05, 3.63) is 71.0 Å². The number of H-pyrrole nitrogens is 1. The summed E-state index contributed by atoms with van der Waals surface area (Å²) in [6.45, 7) is 6.31. The average molecular weight is 349 g/mol. The Balaban J connectivity index is 1.80. The third-order valence-electron chi connectivity index (χ3n) is 4.52. The van der Waals surface area contributed by atoms with Crippen molar-refractivity contribution >= 4 is 11.6 Å². The Morgan fingerprint density at radius 2 is 1.85 bits per heavy atom. The van der Waals surface area contributed by atoms with Crippen LogP contribution in [0.15, 0.2) is 48.5 Å². The molecule has 2 N–H and O–H groups in total. The summed E-state index contributed by atoms with van der Waals surface area (Å²) in [5, 5.41) is 17.1. The van der Waals surface area contributed by atoms with Gasteiger partial charge in [0.15, 0.2) is 5.82 Å². The third-order valence-corrected chi connectivity index (χ3v) is 4.52. The van der Waals surface area contributed by atoms with Crippen molar-refractivity contribution in [3.63, 3.8) is 0 Å². The van der Waals surface area contributed by atoms with E-state index in [9.17, 15) is 4.79 Å². The van der Waals surface area contributed by atoms with Crippen LogP contribution in [0.25, 0.3) is 0 Å². The number of carbonyl (C=O) groups excluding carboxylic acids is 1. The lowest BCUT2D eigenvalue weighted by molar-refractivity contribution is -0.117. The number of aromatic nitrogens is 4. The molecule has 1 amide bonds.